The van der Waals surface area contributed by atoms with E-state index in [1.807, 2.05) is 42.2 Å². The average molecular weight is 333 g/mol. The van der Waals surface area contributed by atoms with Crippen LogP contribution in [0.15, 0.2) is 54.6 Å². The molecular weight excluding hydrogens is 312 g/mol. The minimum absolute atomic E-state index is 0. The van der Waals surface area contributed by atoms with Crippen LogP contribution in [-0.2, 0) is 4.74 Å². The molecule has 2 aromatic rings. The minimum atomic E-state index is -0.0880. The lowest BCUT2D eigenvalue weighted by molar-refractivity contribution is -0.0691. The number of morpholine rings is 1. The number of anilines is 1. The standard InChI is InChI=1S/C18H20N2O2.ClH/c1-13-11-20(18(21)15-8-5-9-16(19)10-15)12-17(22-13)14-6-3-2-4-7-14;/h2-10,13,17H,11-12,19H2,1H3;1H. The molecule has 1 aliphatic rings. The van der Waals surface area contributed by atoms with Crippen LogP contribution in [0, 0.1) is 0 Å². The van der Waals surface area contributed by atoms with Crippen molar-refractivity contribution in [1.82, 2.24) is 4.90 Å². The van der Waals surface area contributed by atoms with Crippen molar-refractivity contribution in [2.24, 2.45) is 0 Å². The highest BCUT2D eigenvalue weighted by Gasteiger charge is 2.29. The molecule has 5 heteroatoms. The normalized spacial score (nSPS) is 20.7. The highest BCUT2D eigenvalue weighted by Crippen LogP contribution is 2.26. The fraction of sp³-hybridized carbons (Fsp3) is 0.278. The number of nitrogen functional groups attached to an aromatic ring is 1. The predicted octanol–water partition coefficient (Wildman–Crippen LogP) is 3.29. The molecule has 1 heterocycles. The third-order valence-electron chi connectivity index (χ3n) is 3.85. The van der Waals surface area contributed by atoms with E-state index in [1.54, 1.807) is 24.3 Å². The molecule has 1 amide bonds. The summed E-state index contributed by atoms with van der Waals surface area (Å²) in [5.41, 5.74) is 8.10. The van der Waals surface area contributed by atoms with Crippen LogP contribution in [-0.4, -0.2) is 30.0 Å². The molecule has 2 N–H and O–H groups in total. The number of nitrogens with two attached hydrogens (primary N) is 1. The van der Waals surface area contributed by atoms with Gasteiger partial charge in [-0.05, 0) is 30.7 Å². The zero-order valence-electron chi connectivity index (χ0n) is 13.0. The van der Waals surface area contributed by atoms with E-state index in [-0.39, 0.29) is 30.5 Å². The van der Waals surface area contributed by atoms with E-state index < -0.39 is 0 Å². The second-order valence-electron chi connectivity index (χ2n) is 5.68. The van der Waals surface area contributed by atoms with E-state index in [0.717, 1.165) is 5.56 Å². The maximum absolute atomic E-state index is 12.7. The SMILES string of the molecule is CC1CN(C(=O)c2cccc(N)c2)CC(c2ccccc2)O1.Cl. The van der Waals surface area contributed by atoms with Crippen molar-refractivity contribution in [1.29, 1.82) is 0 Å². The van der Waals surface area contributed by atoms with Crippen molar-refractivity contribution in [3.8, 4) is 0 Å². The molecule has 0 spiro atoms. The van der Waals surface area contributed by atoms with Gasteiger partial charge in [0, 0.05) is 17.8 Å². The first-order valence-corrected chi connectivity index (χ1v) is 7.48. The molecule has 23 heavy (non-hydrogen) atoms. The average Bonchev–Trinajstić information content (AvgIpc) is 2.54. The molecule has 2 atom stereocenters. The summed E-state index contributed by atoms with van der Waals surface area (Å²) in [5.74, 6) is 0.00313. The lowest BCUT2D eigenvalue weighted by Crippen LogP contribution is -2.45. The Labute approximate surface area is 142 Å². The van der Waals surface area contributed by atoms with Crippen molar-refractivity contribution in [3.05, 3.63) is 65.7 Å². The van der Waals surface area contributed by atoms with Gasteiger partial charge in [0.1, 0.15) is 6.10 Å². The summed E-state index contributed by atoms with van der Waals surface area (Å²) in [6.07, 6.45) is -0.0843. The Kier molecular flexibility index (Phi) is 5.64. The molecule has 0 aliphatic carbocycles. The molecule has 1 fully saturated rings. The number of carbonyl (C=O) groups is 1. The number of ether oxygens (including phenoxy) is 1. The van der Waals surface area contributed by atoms with E-state index in [4.69, 9.17) is 10.5 Å². The number of benzene rings is 2. The van der Waals surface area contributed by atoms with Gasteiger partial charge in [0.05, 0.1) is 12.6 Å². The van der Waals surface area contributed by atoms with Gasteiger partial charge < -0.3 is 15.4 Å². The summed E-state index contributed by atoms with van der Waals surface area (Å²) >= 11 is 0. The van der Waals surface area contributed by atoms with Gasteiger partial charge >= 0.3 is 0 Å². The third kappa shape index (κ3) is 4.03. The molecule has 0 saturated carbocycles. The number of hydrogen-bond acceptors (Lipinski definition) is 3. The monoisotopic (exact) mass is 332 g/mol. The van der Waals surface area contributed by atoms with E-state index >= 15 is 0 Å². The Morgan fingerprint density at radius 1 is 1.13 bits per heavy atom. The number of nitrogens with zero attached hydrogens (tertiary/aromatic N) is 1. The smallest absolute Gasteiger partial charge is 0.254 e. The second-order valence-corrected chi connectivity index (χ2v) is 5.68. The van der Waals surface area contributed by atoms with Crippen LogP contribution in [0.1, 0.15) is 28.9 Å². The highest BCUT2D eigenvalue weighted by atomic mass is 35.5. The number of halogens is 1. The number of hydrogen-bond donors (Lipinski definition) is 1. The van der Waals surface area contributed by atoms with Crippen molar-refractivity contribution in [3.63, 3.8) is 0 Å². The Bertz CT molecular complexity index is 663. The van der Waals surface area contributed by atoms with Crippen molar-refractivity contribution >= 4 is 24.0 Å². The Hall–Kier alpha value is -2.04. The molecule has 0 bridgehead atoms. The quantitative estimate of drug-likeness (QED) is 0.858. The zero-order chi connectivity index (χ0) is 15.5. The Morgan fingerprint density at radius 3 is 2.57 bits per heavy atom. The summed E-state index contributed by atoms with van der Waals surface area (Å²) in [7, 11) is 0. The van der Waals surface area contributed by atoms with E-state index in [1.165, 1.54) is 0 Å². The van der Waals surface area contributed by atoms with Crippen molar-refractivity contribution in [2.75, 3.05) is 18.8 Å². The molecule has 0 aromatic heterocycles. The van der Waals surface area contributed by atoms with Gasteiger partial charge in [-0.25, -0.2) is 0 Å². The third-order valence-corrected chi connectivity index (χ3v) is 3.85. The van der Waals surface area contributed by atoms with Crippen LogP contribution in [0.25, 0.3) is 0 Å². The van der Waals surface area contributed by atoms with E-state index in [2.05, 4.69) is 0 Å². The van der Waals surface area contributed by atoms with Gasteiger partial charge in [-0.15, -0.1) is 12.4 Å². The topological polar surface area (TPSA) is 55.6 Å². The summed E-state index contributed by atoms with van der Waals surface area (Å²) in [6, 6.07) is 17.1. The van der Waals surface area contributed by atoms with Gasteiger partial charge in [-0.3, -0.25) is 4.79 Å². The highest BCUT2D eigenvalue weighted by molar-refractivity contribution is 5.95. The molecule has 122 valence electrons. The Morgan fingerprint density at radius 2 is 1.87 bits per heavy atom. The van der Waals surface area contributed by atoms with Gasteiger partial charge in [0.15, 0.2) is 0 Å². The number of rotatable bonds is 2. The maximum Gasteiger partial charge on any atom is 0.254 e. The molecule has 2 aromatic carbocycles. The van der Waals surface area contributed by atoms with Gasteiger partial charge in [0.25, 0.3) is 5.91 Å². The lowest BCUT2D eigenvalue weighted by Gasteiger charge is -2.37. The lowest BCUT2D eigenvalue weighted by atomic mass is 10.1. The largest absolute Gasteiger partial charge is 0.399 e. The zero-order valence-corrected chi connectivity index (χ0v) is 13.8. The molecule has 1 aliphatic heterocycles. The number of amides is 1. The Balaban J connectivity index is 0.00000192. The van der Waals surface area contributed by atoms with Crippen LogP contribution in [0.4, 0.5) is 5.69 Å². The van der Waals surface area contributed by atoms with Crippen molar-refractivity contribution in [2.45, 2.75) is 19.1 Å². The van der Waals surface area contributed by atoms with Crippen LogP contribution in [0.2, 0.25) is 0 Å². The van der Waals surface area contributed by atoms with Crippen LogP contribution >= 0.6 is 12.4 Å². The van der Waals surface area contributed by atoms with E-state index in [9.17, 15) is 4.79 Å². The van der Waals surface area contributed by atoms with Gasteiger partial charge in [-0.1, -0.05) is 36.4 Å². The summed E-state index contributed by atoms with van der Waals surface area (Å²) in [5, 5.41) is 0. The molecule has 2 unspecified atom stereocenters. The first-order chi connectivity index (χ1) is 10.6. The van der Waals surface area contributed by atoms with Crippen LogP contribution in [0.3, 0.4) is 0 Å². The summed E-state index contributed by atoms with van der Waals surface area (Å²) in [6.45, 7) is 3.15. The predicted molar refractivity (Wildman–Crippen MR) is 93.7 cm³/mol. The summed E-state index contributed by atoms with van der Waals surface area (Å²) in [4.78, 5) is 14.5. The number of carbonyl (C=O) groups excluding carboxylic acids is 1. The maximum atomic E-state index is 12.7. The second kappa shape index (κ2) is 7.49. The van der Waals surface area contributed by atoms with Crippen LogP contribution in [0.5, 0.6) is 0 Å². The fourth-order valence-corrected chi connectivity index (χ4v) is 2.82. The minimum Gasteiger partial charge on any atom is -0.399 e. The molecule has 0 radical (unpaired) electrons. The first kappa shape index (κ1) is 17.3. The van der Waals surface area contributed by atoms with Gasteiger partial charge in [-0.2, -0.15) is 0 Å². The summed E-state index contributed by atoms with van der Waals surface area (Å²) < 4.78 is 5.99. The van der Waals surface area contributed by atoms with Crippen LogP contribution < -0.4 is 5.73 Å². The molecule has 1 saturated heterocycles. The first-order valence-electron chi connectivity index (χ1n) is 7.48. The molecule has 3 rings (SSSR count). The molecule has 4 nitrogen and oxygen atoms in total. The van der Waals surface area contributed by atoms with E-state index in [0.29, 0.717) is 24.3 Å². The fourth-order valence-electron chi connectivity index (χ4n) is 2.82. The van der Waals surface area contributed by atoms with Crippen molar-refractivity contribution < 1.29 is 9.53 Å². The molecular formula is C18H21ClN2O2. The van der Waals surface area contributed by atoms with Gasteiger partial charge in [0.2, 0.25) is 0 Å².